The highest BCUT2D eigenvalue weighted by atomic mass is 32.1. The Morgan fingerprint density at radius 3 is 2.55 bits per heavy atom. The summed E-state index contributed by atoms with van der Waals surface area (Å²) in [5, 5.41) is 6.57. The van der Waals surface area contributed by atoms with Crippen molar-refractivity contribution in [3.05, 3.63) is 40.4 Å². The number of aryl methyl sites for hydroxylation is 2. The van der Waals surface area contributed by atoms with Gasteiger partial charge in [0.1, 0.15) is 0 Å². The fraction of sp³-hybridized carbons (Fsp3) is 0.438. The number of hydrogen-bond acceptors (Lipinski definition) is 4. The second-order valence-corrected chi connectivity index (χ2v) is 6.04. The molecule has 0 aliphatic heterocycles. The van der Waals surface area contributed by atoms with Crippen LogP contribution in [0, 0.1) is 13.8 Å². The van der Waals surface area contributed by atoms with Gasteiger partial charge in [-0.1, -0.05) is 13.0 Å². The first kappa shape index (κ1) is 15.0. The second-order valence-electron chi connectivity index (χ2n) is 5.20. The summed E-state index contributed by atoms with van der Waals surface area (Å²) in [7, 11) is 2.08. The lowest BCUT2D eigenvalue weighted by atomic mass is 10.1. The maximum Gasteiger partial charge on any atom is 0.189 e. The van der Waals surface area contributed by atoms with E-state index in [9.17, 15) is 0 Å². The van der Waals surface area contributed by atoms with Gasteiger partial charge < -0.3 is 10.2 Å². The molecular formula is C16H23N3S. The standard InChI is InChI=1S/C16H23N3S/c1-5-6-17-10-14-11-20-16(18-14)19(4)15-8-12(2)7-13(3)9-15/h7-9,11,17H,5-6,10H2,1-4H3. The number of rotatable bonds is 6. The summed E-state index contributed by atoms with van der Waals surface area (Å²) in [6, 6.07) is 6.59. The Balaban J connectivity index is 2.10. The molecule has 3 nitrogen and oxygen atoms in total. The molecule has 0 spiro atoms. The third kappa shape index (κ3) is 3.81. The van der Waals surface area contributed by atoms with E-state index in [1.165, 1.54) is 16.8 Å². The molecule has 0 saturated heterocycles. The van der Waals surface area contributed by atoms with Gasteiger partial charge in [0, 0.05) is 24.7 Å². The number of benzene rings is 1. The predicted molar refractivity (Wildman–Crippen MR) is 88.1 cm³/mol. The topological polar surface area (TPSA) is 28.2 Å². The Kier molecular flexibility index (Phi) is 5.15. The van der Waals surface area contributed by atoms with Crippen LogP contribution in [0.15, 0.2) is 23.6 Å². The van der Waals surface area contributed by atoms with E-state index in [1.807, 2.05) is 0 Å². The highest BCUT2D eigenvalue weighted by molar-refractivity contribution is 7.13. The van der Waals surface area contributed by atoms with E-state index >= 15 is 0 Å². The van der Waals surface area contributed by atoms with Gasteiger partial charge in [-0.2, -0.15) is 0 Å². The number of nitrogens with one attached hydrogen (secondary N) is 1. The Bertz CT molecular complexity index is 542. The molecule has 1 heterocycles. The van der Waals surface area contributed by atoms with E-state index in [0.29, 0.717) is 0 Å². The Morgan fingerprint density at radius 1 is 1.20 bits per heavy atom. The van der Waals surface area contributed by atoms with Crippen molar-refractivity contribution in [2.24, 2.45) is 0 Å². The molecule has 1 N–H and O–H groups in total. The smallest absolute Gasteiger partial charge is 0.189 e. The monoisotopic (exact) mass is 289 g/mol. The van der Waals surface area contributed by atoms with Gasteiger partial charge >= 0.3 is 0 Å². The number of hydrogen-bond donors (Lipinski definition) is 1. The molecule has 0 saturated carbocycles. The van der Waals surface area contributed by atoms with Gasteiger partial charge in [-0.15, -0.1) is 11.3 Å². The van der Waals surface area contributed by atoms with Crippen molar-refractivity contribution in [1.29, 1.82) is 0 Å². The molecule has 0 amide bonds. The summed E-state index contributed by atoms with van der Waals surface area (Å²) in [5.41, 5.74) is 4.89. The zero-order valence-electron chi connectivity index (χ0n) is 12.7. The van der Waals surface area contributed by atoms with Crippen molar-refractivity contribution in [3.8, 4) is 0 Å². The maximum atomic E-state index is 4.70. The van der Waals surface area contributed by atoms with Crippen LogP contribution in [-0.4, -0.2) is 18.6 Å². The minimum Gasteiger partial charge on any atom is -0.321 e. The lowest BCUT2D eigenvalue weighted by Gasteiger charge is -2.17. The van der Waals surface area contributed by atoms with Crippen LogP contribution in [-0.2, 0) is 6.54 Å². The van der Waals surface area contributed by atoms with Gasteiger partial charge in [0.15, 0.2) is 5.13 Å². The van der Waals surface area contributed by atoms with Gasteiger partial charge in [-0.25, -0.2) is 4.98 Å². The molecule has 2 aromatic rings. The number of aromatic nitrogens is 1. The molecule has 108 valence electrons. The number of nitrogens with zero attached hydrogens (tertiary/aromatic N) is 2. The number of thiazole rings is 1. The molecule has 0 atom stereocenters. The molecule has 0 fully saturated rings. The van der Waals surface area contributed by atoms with Crippen LogP contribution in [0.4, 0.5) is 10.8 Å². The van der Waals surface area contributed by atoms with E-state index in [-0.39, 0.29) is 0 Å². The molecule has 0 radical (unpaired) electrons. The summed E-state index contributed by atoms with van der Waals surface area (Å²) >= 11 is 1.70. The van der Waals surface area contributed by atoms with Crippen molar-refractivity contribution >= 4 is 22.2 Å². The summed E-state index contributed by atoms with van der Waals surface area (Å²) in [6.07, 6.45) is 1.15. The summed E-state index contributed by atoms with van der Waals surface area (Å²) in [4.78, 5) is 6.86. The van der Waals surface area contributed by atoms with E-state index in [4.69, 9.17) is 4.98 Å². The van der Waals surface area contributed by atoms with Crippen LogP contribution in [0.25, 0.3) is 0 Å². The van der Waals surface area contributed by atoms with Gasteiger partial charge in [-0.3, -0.25) is 0 Å². The quantitative estimate of drug-likeness (QED) is 0.814. The zero-order chi connectivity index (χ0) is 14.5. The Labute approximate surface area is 125 Å². The fourth-order valence-corrected chi connectivity index (χ4v) is 2.99. The van der Waals surface area contributed by atoms with Crippen LogP contribution >= 0.6 is 11.3 Å². The lowest BCUT2D eigenvalue weighted by Crippen LogP contribution is -2.14. The van der Waals surface area contributed by atoms with Crippen molar-refractivity contribution in [2.75, 3.05) is 18.5 Å². The third-order valence-corrected chi connectivity index (χ3v) is 4.12. The molecule has 20 heavy (non-hydrogen) atoms. The maximum absolute atomic E-state index is 4.70. The first-order chi connectivity index (χ1) is 9.60. The highest BCUT2D eigenvalue weighted by Crippen LogP contribution is 2.28. The molecule has 4 heteroatoms. The first-order valence-electron chi connectivity index (χ1n) is 7.07. The van der Waals surface area contributed by atoms with Crippen molar-refractivity contribution in [3.63, 3.8) is 0 Å². The van der Waals surface area contributed by atoms with Crippen molar-refractivity contribution < 1.29 is 0 Å². The summed E-state index contributed by atoms with van der Waals surface area (Å²) < 4.78 is 0. The van der Waals surface area contributed by atoms with E-state index in [1.54, 1.807) is 11.3 Å². The van der Waals surface area contributed by atoms with E-state index in [0.717, 1.165) is 30.3 Å². The molecule has 0 bridgehead atoms. The van der Waals surface area contributed by atoms with Crippen LogP contribution in [0.1, 0.15) is 30.2 Å². The van der Waals surface area contributed by atoms with Gasteiger partial charge in [-0.05, 0) is 50.1 Å². The van der Waals surface area contributed by atoms with Crippen LogP contribution in [0.2, 0.25) is 0 Å². The first-order valence-corrected chi connectivity index (χ1v) is 7.95. The molecule has 0 aliphatic rings. The number of anilines is 2. The van der Waals surface area contributed by atoms with Crippen LogP contribution in [0.3, 0.4) is 0 Å². The summed E-state index contributed by atoms with van der Waals surface area (Å²) in [6.45, 7) is 8.33. The van der Waals surface area contributed by atoms with Gasteiger partial charge in [0.05, 0.1) is 5.69 Å². The highest BCUT2D eigenvalue weighted by Gasteiger charge is 2.09. The zero-order valence-corrected chi connectivity index (χ0v) is 13.5. The predicted octanol–water partition coefficient (Wildman–Crippen LogP) is 4.03. The SMILES string of the molecule is CCCNCc1csc(N(C)c2cc(C)cc(C)c2)n1. The Hall–Kier alpha value is -1.39. The lowest BCUT2D eigenvalue weighted by molar-refractivity contribution is 0.667. The van der Waals surface area contributed by atoms with Crippen molar-refractivity contribution in [2.45, 2.75) is 33.7 Å². The molecule has 1 aromatic heterocycles. The van der Waals surface area contributed by atoms with E-state index < -0.39 is 0 Å². The van der Waals surface area contributed by atoms with Gasteiger partial charge in [0.2, 0.25) is 0 Å². The van der Waals surface area contributed by atoms with Crippen LogP contribution < -0.4 is 10.2 Å². The van der Waals surface area contributed by atoms with E-state index in [2.05, 4.69) is 61.6 Å². The Morgan fingerprint density at radius 2 is 1.90 bits per heavy atom. The second kappa shape index (κ2) is 6.86. The average Bonchev–Trinajstić information content (AvgIpc) is 2.86. The molecular weight excluding hydrogens is 266 g/mol. The average molecular weight is 289 g/mol. The third-order valence-electron chi connectivity index (χ3n) is 3.15. The molecule has 0 unspecified atom stereocenters. The molecule has 2 rings (SSSR count). The minimum absolute atomic E-state index is 0.852. The van der Waals surface area contributed by atoms with Crippen molar-refractivity contribution in [1.82, 2.24) is 10.3 Å². The summed E-state index contributed by atoms with van der Waals surface area (Å²) in [5.74, 6) is 0. The molecule has 1 aromatic carbocycles. The minimum atomic E-state index is 0.852. The van der Waals surface area contributed by atoms with Gasteiger partial charge in [0.25, 0.3) is 0 Å². The fourth-order valence-electron chi connectivity index (χ4n) is 2.18. The largest absolute Gasteiger partial charge is 0.321 e. The molecule has 0 aliphatic carbocycles. The van der Waals surface area contributed by atoms with Crippen LogP contribution in [0.5, 0.6) is 0 Å². The normalized spacial score (nSPS) is 10.8.